The fourth-order valence-electron chi connectivity index (χ4n) is 3.64. The SMILES string of the molecule is FC(F)(CNc1ncc2c(n1)CCCC=C2c1ccc2ncnn2c1)C1CC1. The summed E-state index contributed by atoms with van der Waals surface area (Å²) in [6, 6.07) is 3.93. The molecular weight excluding hydrogens is 362 g/mol. The summed E-state index contributed by atoms with van der Waals surface area (Å²) in [6.07, 6.45) is 11.2. The molecule has 0 atom stereocenters. The highest BCUT2D eigenvalue weighted by Crippen LogP contribution is 2.43. The summed E-state index contributed by atoms with van der Waals surface area (Å²) in [7, 11) is 0. The van der Waals surface area contributed by atoms with E-state index in [0.29, 0.717) is 12.8 Å². The quantitative estimate of drug-likeness (QED) is 0.728. The molecular formula is C20H20F2N6. The lowest BCUT2D eigenvalue weighted by Crippen LogP contribution is -2.30. The van der Waals surface area contributed by atoms with Crippen molar-refractivity contribution in [3.05, 3.63) is 53.8 Å². The molecule has 2 aliphatic carbocycles. The highest BCUT2D eigenvalue weighted by atomic mass is 19.3. The maximum absolute atomic E-state index is 13.9. The van der Waals surface area contributed by atoms with E-state index >= 15 is 0 Å². The Morgan fingerprint density at radius 1 is 1.21 bits per heavy atom. The largest absolute Gasteiger partial charge is 0.348 e. The Morgan fingerprint density at radius 3 is 2.96 bits per heavy atom. The highest BCUT2D eigenvalue weighted by molar-refractivity contribution is 5.81. The Morgan fingerprint density at radius 2 is 2.11 bits per heavy atom. The van der Waals surface area contributed by atoms with Gasteiger partial charge in [0.25, 0.3) is 5.92 Å². The summed E-state index contributed by atoms with van der Waals surface area (Å²) in [5.41, 5.74) is 4.65. The van der Waals surface area contributed by atoms with Gasteiger partial charge in [-0.3, -0.25) is 0 Å². The zero-order valence-corrected chi connectivity index (χ0v) is 15.3. The van der Waals surface area contributed by atoms with Crippen molar-refractivity contribution in [2.24, 2.45) is 5.92 Å². The minimum atomic E-state index is -2.70. The van der Waals surface area contributed by atoms with Gasteiger partial charge >= 0.3 is 0 Å². The third-order valence-electron chi connectivity index (χ3n) is 5.37. The van der Waals surface area contributed by atoms with E-state index in [-0.39, 0.29) is 5.95 Å². The van der Waals surface area contributed by atoms with Gasteiger partial charge in [0.15, 0.2) is 5.65 Å². The van der Waals surface area contributed by atoms with Crippen LogP contribution in [0.5, 0.6) is 0 Å². The van der Waals surface area contributed by atoms with Gasteiger partial charge < -0.3 is 5.32 Å². The van der Waals surface area contributed by atoms with Crippen LogP contribution in [0.25, 0.3) is 11.2 Å². The number of hydrogen-bond donors (Lipinski definition) is 1. The van der Waals surface area contributed by atoms with Gasteiger partial charge in [0, 0.05) is 29.4 Å². The summed E-state index contributed by atoms with van der Waals surface area (Å²) in [4.78, 5) is 13.0. The van der Waals surface area contributed by atoms with Crippen molar-refractivity contribution in [2.45, 2.75) is 38.0 Å². The lowest BCUT2D eigenvalue weighted by Gasteiger charge is -2.17. The Bertz CT molecular complexity index is 1050. The number of nitrogens with one attached hydrogen (secondary N) is 1. The molecule has 1 fully saturated rings. The van der Waals surface area contributed by atoms with Crippen LogP contribution >= 0.6 is 0 Å². The van der Waals surface area contributed by atoms with Gasteiger partial charge in [0.1, 0.15) is 6.33 Å². The fourth-order valence-corrected chi connectivity index (χ4v) is 3.64. The summed E-state index contributed by atoms with van der Waals surface area (Å²) >= 11 is 0. The van der Waals surface area contributed by atoms with E-state index in [4.69, 9.17) is 0 Å². The van der Waals surface area contributed by atoms with Crippen LogP contribution in [0.3, 0.4) is 0 Å². The van der Waals surface area contributed by atoms with Crippen molar-refractivity contribution in [3.63, 3.8) is 0 Å². The maximum atomic E-state index is 13.9. The molecule has 8 heteroatoms. The molecule has 0 spiro atoms. The molecule has 3 aromatic rings. The summed E-state index contributed by atoms with van der Waals surface area (Å²) in [5, 5.41) is 6.94. The van der Waals surface area contributed by atoms with Crippen LogP contribution in [0.4, 0.5) is 14.7 Å². The predicted molar refractivity (Wildman–Crippen MR) is 101 cm³/mol. The molecule has 3 heterocycles. The molecule has 0 bridgehead atoms. The van der Waals surface area contributed by atoms with Crippen LogP contribution in [0, 0.1) is 5.92 Å². The standard InChI is InChI=1S/C20H20F2N6/c21-20(22,14-6-7-14)11-24-19-23-9-16-15(3-1-2-4-17(16)27-19)13-5-8-18-25-12-26-28(18)10-13/h3,5,8-10,12,14H,1-2,4,6-7,11H2,(H,23,24,27). The molecule has 2 aliphatic rings. The number of aryl methyl sites for hydroxylation is 1. The number of anilines is 1. The van der Waals surface area contributed by atoms with E-state index in [1.54, 1.807) is 10.7 Å². The van der Waals surface area contributed by atoms with Crippen LogP contribution in [0.1, 0.15) is 42.5 Å². The smallest absolute Gasteiger partial charge is 0.267 e. The second-order valence-corrected chi connectivity index (χ2v) is 7.43. The van der Waals surface area contributed by atoms with Crippen molar-refractivity contribution < 1.29 is 8.78 Å². The zero-order valence-electron chi connectivity index (χ0n) is 15.3. The molecule has 1 saturated carbocycles. The summed E-state index contributed by atoms with van der Waals surface area (Å²) < 4.78 is 29.6. The van der Waals surface area contributed by atoms with Crippen molar-refractivity contribution >= 4 is 17.2 Å². The first-order valence-corrected chi connectivity index (χ1v) is 9.58. The lowest BCUT2D eigenvalue weighted by atomic mass is 9.99. The second kappa shape index (κ2) is 6.61. The van der Waals surface area contributed by atoms with E-state index < -0.39 is 18.4 Å². The van der Waals surface area contributed by atoms with Crippen LogP contribution in [0.2, 0.25) is 0 Å². The number of hydrogen-bond acceptors (Lipinski definition) is 5. The number of halogens is 2. The average molecular weight is 382 g/mol. The third kappa shape index (κ3) is 3.23. The number of allylic oxidation sites excluding steroid dienone is 1. The van der Waals surface area contributed by atoms with Crippen LogP contribution in [-0.2, 0) is 6.42 Å². The van der Waals surface area contributed by atoms with E-state index in [1.807, 2.05) is 18.3 Å². The van der Waals surface area contributed by atoms with E-state index in [2.05, 4.69) is 31.4 Å². The first kappa shape index (κ1) is 17.2. The molecule has 0 saturated heterocycles. The second-order valence-electron chi connectivity index (χ2n) is 7.43. The lowest BCUT2D eigenvalue weighted by molar-refractivity contribution is -0.00832. The Kier molecular flexibility index (Phi) is 4.07. The van der Waals surface area contributed by atoms with E-state index in [9.17, 15) is 8.78 Å². The molecule has 0 amide bonds. The summed E-state index contributed by atoms with van der Waals surface area (Å²) in [6.45, 7) is -0.415. The first-order valence-electron chi connectivity index (χ1n) is 9.58. The molecule has 0 aliphatic heterocycles. The Balaban J connectivity index is 1.43. The van der Waals surface area contributed by atoms with Crippen molar-refractivity contribution in [1.82, 2.24) is 24.6 Å². The van der Waals surface area contributed by atoms with Crippen molar-refractivity contribution in [3.8, 4) is 0 Å². The number of rotatable bonds is 5. The Hall–Kier alpha value is -2.90. The molecule has 3 aromatic heterocycles. The molecule has 5 rings (SSSR count). The van der Waals surface area contributed by atoms with Gasteiger partial charge in [-0.15, -0.1) is 0 Å². The molecule has 28 heavy (non-hydrogen) atoms. The number of alkyl halides is 2. The Labute approximate surface area is 160 Å². The van der Waals surface area contributed by atoms with Crippen LogP contribution in [0.15, 0.2) is 36.9 Å². The maximum Gasteiger partial charge on any atom is 0.267 e. The topological polar surface area (TPSA) is 68.0 Å². The van der Waals surface area contributed by atoms with Gasteiger partial charge in [-0.05, 0) is 49.8 Å². The predicted octanol–water partition coefficient (Wildman–Crippen LogP) is 3.74. The monoisotopic (exact) mass is 382 g/mol. The molecule has 0 aromatic carbocycles. The molecule has 0 unspecified atom stereocenters. The summed E-state index contributed by atoms with van der Waals surface area (Å²) in [5.74, 6) is -2.93. The number of fused-ring (bicyclic) bond motifs is 2. The number of pyridine rings is 1. The molecule has 0 radical (unpaired) electrons. The van der Waals surface area contributed by atoms with Gasteiger partial charge in [-0.1, -0.05) is 6.08 Å². The molecule has 6 nitrogen and oxygen atoms in total. The van der Waals surface area contributed by atoms with E-state index in [0.717, 1.165) is 47.3 Å². The van der Waals surface area contributed by atoms with Gasteiger partial charge in [0.05, 0.1) is 12.2 Å². The van der Waals surface area contributed by atoms with Crippen molar-refractivity contribution in [2.75, 3.05) is 11.9 Å². The van der Waals surface area contributed by atoms with Gasteiger partial charge in [-0.25, -0.2) is 28.2 Å². The highest BCUT2D eigenvalue weighted by Gasteiger charge is 2.46. The zero-order chi connectivity index (χ0) is 19.1. The van der Waals surface area contributed by atoms with Gasteiger partial charge in [0.2, 0.25) is 5.95 Å². The first-order chi connectivity index (χ1) is 13.6. The molecule has 1 N–H and O–H groups in total. The normalized spacial score (nSPS) is 17.1. The number of nitrogens with zero attached hydrogens (tertiary/aromatic N) is 5. The number of aromatic nitrogens is 5. The minimum absolute atomic E-state index is 0.270. The minimum Gasteiger partial charge on any atom is -0.348 e. The third-order valence-corrected chi connectivity index (χ3v) is 5.37. The van der Waals surface area contributed by atoms with Crippen LogP contribution in [-0.4, -0.2) is 37.0 Å². The van der Waals surface area contributed by atoms with E-state index in [1.165, 1.54) is 6.33 Å². The average Bonchev–Trinajstić information content (AvgIpc) is 3.49. The fraction of sp³-hybridized carbons (Fsp3) is 0.400. The van der Waals surface area contributed by atoms with Crippen LogP contribution < -0.4 is 5.32 Å². The molecule has 144 valence electrons. The van der Waals surface area contributed by atoms with Gasteiger partial charge in [-0.2, -0.15) is 5.10 Å². The van der Waals surface area contributed by atoms with Crippen molar-refractivity contribution in [1.29, 1.82) is 0 Å².